The molecule has 30 heavy (non-hydrogen) atoms. The number of nitrogens with zero attached hydrogens (tertiary/aromatic N) is 3. The van der Waals surface area contributed by atoms with Crippen LogP contribution in [-0.2, 0) is 17.6 Å². The maximum atomic E-state index is 12.3. The second kappa shape index (κ2) is 9.61. The molecule has 0 fully saturated rings. The Morgan fingerprint density at radius 2 is 1.90 bits per heavy atom. The van der Waals surface area contributed by atoms with Gasteiger partial charge in [0, 0.05) is 17.2 Å². The lowest BCUT2D eigenvalue weighted by Gasteiger charge is -2.02. The molecule has 0 saturated carbocycles. The summed E-state index contributed by atoms with van der Waals surface area (Å²) in [5.41, 5.74) is 4.30. The lowest BCUT2D eigenvalue weighted by atomic mass is 10.1. The van der Waals surface area contributed by atoms with Gasteiger partial charge in [0.25, 0.3) is 5.91 Å². The minimum Gasteiger partial charge on any atom is -0.508 e. The van der Waals surface area contributed by atoms with Crippen molar-refractivity contribution in [1.82, 2.24) is 15.6 Å². The molecular formula is C20H19N5O4S. The maximum Gasteiger partial charge on any atom is 0.257 e. The quantitative estimate of drug-likeness (QED) is 0.339. The summed E-state index contributed by atoms with van der Waals surface area (Å²) in [7, 11) is 0. The molecule has 0 spiro atoms. The molecule has 0 aliphatic rings. The molecular weight excluding hydrogens is 406 g/mol. The Bertz CT molecular complexity index is 1080. The van der Waals surface area contributed by atoms with Gasteiger partial charge in [0.05, 0.1) is 12.6 Å². The minimum atomic E-state index is -0.436. The van der Waals surface area contributed by atoms with E-state index >= 15 is 0 Å². The molecule has 1 heterocycles. The number of aromatic hydroxyl groups is 2. The number of nitrogens with one attached hydrogen (secondary N) is 2. The molecule has 0 aliphatic heterocycles. The molecule has 2 aromatic carbocycles. The highest BCUT2D eigenvalue weighted by atomic mass is 32.1. The Morgan fingerprint density at radius 1 is 1.13 bits per heavy atom. The minimum absolute atomic E-state index is 0.0718. The molecule has 4 N–H and O–H groups in total. The SMILES string of the molecule is CCc1ccc(C(=O)Nc2nnc(CC(=O)N/N=C/c3ccc(O)cc3O)s2)cc1. The zero-order valence-corrected chi connectivity index (χ0v) is 16.8. The van der Waals surface area contributed by atoms with Crippen molar-refractivity contribution in [2.45, 2.75) is 19.8 Å². The van der Waals surface area contributed by atoms with Crippen LogP contribution in [-0.4, -0.2) is 38.4 Å². The third-order valence-electron chi connectivity index (χ3n) is 4.03. The van der Waals surface area contributed by atoms with Gasteiger partial charge in [-0.1, -0.05) is 30.4 Å². The van der Waals surface area contributed by atoms with Crippen molar-refractivity contribution in [1.29, 1.82) is 0 Å². The lowest BCUT2D eigenvalue weighted by Crippen LogP contribution is -2.19. The van der Waals surface area contributed by atoms with E-state index in [0.717, 1.165) is 23.3 Å². The average Bonchev–Trinajstić information content (AvgIpc) is 3.16. The van der Waals surface area contributed by atoms with E-state index in [-0.39, 0.29) is 23.8 Å². The number of hydrogen-bond donors (Lipinski definition) is 4. The fourth-order valence-electron chi connectivity index (χ4n) is 2.43. The van der Waals surface area contributed by atoms with Crippen LogP contribution in [0.5, 0.6) is 11.5 Å². The molecule has 3 rings (SSSR count). The summed E-state index contributed by atoms with van der Waals surface area (Å²) in [4.78, 5) is 24.2. The van der Waals surface area contributed by atoms with Crippen LogP contribution in [0, 0.1) is 0 Å². The van der Waals surface area contributed by atoms with Crippen molar-refractivity contribution in [3.63, 3.8) is 0 Å². The molecule has 2 amide bonds. The number of phenols is 2. The molecule has 3 aromatic rings. The molecule has 0 unspecified atom stereocenters. The predicted molar refractivity (Wildman–Crippen MR) is 113 cm³/mol. The molecule has 0 saturated heterocycles. The topological polar surface area (TPSA) is 137 Å². The van der Waals surface area contributed by atoms with Gasteiger partial charge in [-0.15, -0.1) is 10.2 Å². The summed E-state index contributed by atoms with van der Waals surface area (Å²) in [5.74, 6) is -0.982. The first kappa shape index (κ1) is 20.9. The van der Waals surface area contributed by atoms with E-state index in [0.29, 0.717) is 21.3 Å². The number of carbonyl (C=O) groups excluding carboxylic acids is 2. The van der Waals surface area contributed by atoms with Crippen LogP contribution in [0.3, 0.4) is 0 Å². The number of rotatable bonds is 7. The van der Waals surface area contributed by atoms with Crippen molar-refractivity contribution < 1.29 is 19.8 Å². The molecule has 0 aliphatic carbocycles. The standard InChI is InChI=1S/C20H19N5O4S/c1-2-12-3-5-13(6-4-12)19(29)22-20-25-24-18(30-20)10-17(28)23-21-11-14-7-8-15(26)9-16(14)27/h3-9,11,26-27H,2,10H2,1H3,(H,23,28)(H,22,25,29)/b21-11+. The molecule has 0 bridgehead atoms. The number of aryl methyl sites for hydroxylation is 1. The van der Waals surface area contributed by atoms with Crippen molar-refractivity contribution in [3.05, 3.63) is 64.2 Å². The number of aromatic nitrogens is 2. The normalized spacial score (nSPS) is 10.8. The van der Waals surface area contributed by atoms with E-state index in [1.165, 1.54) is 24.4 Å². The molecule has 9 nitrogen and oxygen atoms in total. The summed E-state index contributed by atoms with van der Waals surface area (Å²) in [6, 6.07) is 11.3. The maximum absolute atomic E-state index is 12.3. The summed E-state index contributed by atoms with van der Waals surface area (Å²) in [5, 5.41) is 33.8. The van der Waals surface area contributed by atoms with E-state index in [1.54, 1.807) is 12.1 Å². The van der Waals surface area contributed by atoms with Crippen LogP contribution in [0.4, 0.5) is 5.13 Å². The fourth-order valence-corrected chi connectivity index (χ4v) is 3.16. The van der Waals surface area contributed by atoms with Gasteiger partial charge >= 0.3 is 0 Å². The molecule has 1 aromatic heterocycles. The Morgan fingerprint density at radius 3 is 2.60 bits per heavy atom. The molecule has 10 heteroatoms. The zero-order chi connectivity index (χ0) is 21.5. The highest BCUT2D eigenvalue weighted by Gasteiger charge is 2.12. The van der Waals surface area contributed by atoms with Crippen LogP contribution < -0.4 is 10.7 Å². The van der Waals surface area contributed by atoms with Crippen LogP contribution in [0.2, 0.25) is 0 Å². The average molecular weight is 425 g/mol. The third-order valence-corrected chi connectivity index (χ3v) is 4.87. The number of amides is 2. The number of hydrazone groups is 1. The predicted octanol–water partition coefficient (Wildman–Crippen LogP) is 2.46. The molecule has 0 radical (unpaired) electrons. The monoisotopic (exact) mass is 425 g/mol. The summed E-state index contributed by atoms with van der Waals surface area (Å²) in [6.07, 6.45) is 2.07. The van der Waals surface area contributed by atoms with Crippen LogP contribution in [0.25, 0.3) is 0 Å². The smallest absolute Gasteiger partial charge is 0.257 e. The summed E-state index contributed by atoms with van der Waals surface area (Å²) in [6.45, 7) is 2.04. The van der Waals surface area contributed by atoms with E-state index in [1.807, 2.05) is 19.1 Å². The Balaban J connectivity index is 1.52. The van der Waals surface area contributed by atoms with E-state index < -0.39 is 5.91 Å². The van der Waals surface area contributed by atoms with E-state index in [4.69, 9.17) is 0 Å². The van der Waals surface area contributed by atoms with Crippen LogP contribution >= 0.6 is 11.3 Å². The van der Waals surface area contributed by atoms with Crippen molar-refractivity contribution in [3.8, 4) is 11.5 Å². The fraction of sp³-hybridized carbons (Fsp3) is 0.150. The Kier molecular flexibility index (Phi) is 6.71. The zero-order valence-electron chi connectivity index (χ0n) is 16.0. The largest absolute Gasteiger partial charge is 0.508 e. The highest BCUT2D eigenvalue weighted by molar-refractivity contribution is 7.15. The van der Waals surface area contributed by atoms with Gasteiger partial charge in [-0.3, -0.25) is 14.9 Å². The van der Waals surface area contributed by atoms with Gasteiger partial charge in [0.2, 0.25) is 11.0 Å². The van der Waals surface area contributed by atoms with Crippen molar-refractivity contribution >= 4 is 34.5 Å². The van der Waals surface area contributed by atoms with Gasteiger partial charge in [0.15, 0.2) is 0 Å². The van der Waals surface area contributed by atoms with Gasteiger partial charge < -0.3 is 10.2 Å². The third kappa shape index (κ3) is 5.61. The van der Waals surface area contributed by atoms with Gasteiger partial charge in [-0.05, 0) is 36.2 Å². The summed E-state index contributed by atoms with van der Waals surface area (Å²) < 4.78 is 0. The molecule has 0 atom stereocenters. The number of hydrogen-bond acceptors (Lipinski definition) is 8. The lowest BCUT2D eigenvalue weighted by molar-refractivity contribution is -0.120. The highest BCUT2D eigenvalue weighted by Crippen LogP contribution is 2.21. The van der Waals surface area contributed by atoms with Gasteiger partial charge in [0.1, 0.15) is 16.5 Å². The van der Waals surface area contributed by atoms with E-state index in [9.17, 15) is 19.8 Å². The number of phenolic OH excluding ortho intramolecular Hbond substituents is 2. The van der Waals surface area contributed by atoms with E-state index in [2.05, 4.69) is 26.0 Å². The molecule has 154 valence electrons. The van der Waals surface area contributed by atoms with Crippen LogP contribution in [0.1, 0.15) is 33.4 Å². The Labute approximate surface area is 176 Å². The number of benzene rings is 2. The second-order valence-corrected chi connectivity index (χ2v) is 7.28. The van der Waals surface area contributed by atoms with Crippen LogP contribution in [0.15, 0.2) is 47.6 Å². The Hall–Kier alpha value is -3.79. The first-order valence-electron chi connectivity index (χ1n) is 9.01. The first-order chi connectivity index (χ1) is 14.4. The van der Waals surface area contributed by atoms with Gasteiger partial charge in [-0.25, -0.2) is 5.43 Å². The number of anilines is 1. The number of carbonyl (C=O) groups is 2. The summed E-state index contributed by atoms with van der Waals surface area (Å²) >= 11 is 1.09. The van der Waals surface area contributed by atoms with Crippen molar-refractivity contribution in [2.24, 2.45) is 5.10 Å². The first-order valence-corrected chi connectivity index (χ1v) is 9.83. The van der Waals surface area contributed by atoms with Gasteiger partial charge in [-0.2, -0.15) is 5.10 Å². The second-order valence-electron chi connectivity index (χ2n) is 6.22. The van der Waals surface area contributed by atoms with Crippen molar-refractivity contribution in [2.75, 3.05) is 5.32 Å².